The molecule has 0 radical (unpaired) electrons. The number of hydrogen-bond donors (Lipinski definition) is 1. The molecule has 4 rings (SSSR count). The topological polar surface area (TPSA) is 82.3 Å². The van der Waals surface area contributed by atoms with Crippen LogP contribution in [0.2, 0.25) is 0 Å². The van der Waals surface area contributed by atoms with E-state index in [0.29, 0.717) is 22.9 Å². The van der Waals surface area contributed by atoms with Crippen molar-refractivity contribution >= 4 is 23.0 Å². The van der Waals surface area contributed by atoms with Crippen molar-refractivity contribution in [2.24, 2.45) is 0 Å². The second-order valence-corrected chi connectivity index (χ2v) is 6.78. The smallest absolute Gasteiger partial charge is 0.487 e. The molecule has 0 aliphatic rings. The van der Waals surface area contributed by atoms with Gasteiger partial charge < -0.3 is 19.2 Å². The molecule has 0 fully saturated rings. The van der Waals surface area contributed by atoms with Gasteiger partial charge in [-0.3, -0.25) is 4.98 Å². The van der Waals surface area contributed by atoms with Gasteiger partial charge in [0, 0.05) is 18.1 Å². The Morgan fingerprint density at radius 1 is 1.00 bits per heavy atom. The van der Waals surface area contributed by atoms with Crippen LogP contribution in [0.1, 0.15) is 5.56 Å². The van der Waals surface area contributed by atoms with Gasteiger partial charge in [-0.25, -0.2) is 0 Å². The summed E-state index contributed by atoms with van der Waals surface area (Å²) in [5, 5.41) is 12.6. The number of aromatic nitrogens is 3. The lowest BCUT2D eigenvalue weighted by Crippen LogP contribution is -2.16. The van der Waals surface area contributed by atoms with Crippen LogP contribution in [0, 0.1) is 0 Å². The number of thiophene rings is 1. The zero-order valence-electron chi connectivity index (χ0n) is 15.1. The number of rotatable bonds is 7. The fraction of sp³-hybridized carbons (Fsp3) is 0.105. The van der Waals surface area contributed by atoms with Crippen LogP contribution in [0.4, 0.5) is 24.9 Å². The number of halogens is 3. The average molecular weight is 434 g/mol. The summed E-state index contributed by atoms with van der Waals surface area (Å²) < 4.78 is 52.0. The van der Waals surface area contributed by atoms with Crippen LogP contribution >= 0.6 is 11.3 Å². The number of anilines is 2. The van der Waals surface area contributed by atoms with Crippen LogP contribution in [0.15, 0.2) is 64.7 Å². The Labute approximate surface area is 172 Å². The molecule has 0 saturated heterocycles. The second kappa shape index (κ2) is 8.41. The quantitative estimate of drug-likeness (QED) is 0.416. The third kappa shape index (κ3) is 5.06. The summed E-state index contributed by atoms with van der Waals surface area (Å²) in [6, 6.07) is 10.8. The van der Waals surface area contributed by atoms with E-state index in [4.69, 9.17) is 9.15 Å². The molecule has 1 aromatic carbocycles. The van der Waals surface area contributed by atoms with Gasteiger partial charge in [0.2, 0.25) is 0 Å². The van der Waals surface area contributed by atoms with E-state index in [1.54, 1.807) is 18.5 Å². The summed E-state index contributed by atoms with van der Waals surface area (Å²) in [6.07, 6.45) is -1.37. The van der Waals surface area contributed by atoms with E-state index < -0.39 is 6.36 Å². The van der Waals surface area contributed by atoms with Gasteiger partial charge in [-0.2, -0.15) is 0 Å². The predicted octanol–water partition coefficient (Wildman–Crippen LogP) is 5.41. The summed E-state index contributed by atoms with van der Waals surface area (Å²) in [6.45, 7) is 0.359. The summed E-state index contributed by atoms with van der Waals surface area (Å²) in [7, 11) is 0. The Morgan fingerprint density at radius 3 is 2.50 bits per heavy atom. The first kappa shape index (κ1) is 19.7. The SMILES string of the molecule is FC(F)(F)Oc1ccc(Nc2nnc(-c3sccc3OCc3ccncc3)o2)cc1. The minimum absolute atomic E-state index is 0.0861. The Kier molecular flexibility index (Phi) is 5.53. The molecule has 11 heteroatoms. The highest BCUT2D eigenvalue weighted by atomic mass is 32.1. The van der Waals surface area contributed by atoms with Gasteiger partial charge in [-0.1, -0.05) is 5.10 Å². The van der Waals surface area contributed by atoms with Crippen LogP contribution in [-0.4, -0.2) is 21.5 Å². The van der Waals surface area contributed by atoms with Gasteiger partial charge >= 0.3 is 12.4 Å². The first-order valence-electron chi connectivity index (χ1n) is 8.52. The molecule has 0 atom stereocenters. The van der Waals surface area contributed by atoms with Gasteiger partial charge in [0.05, 0.1) is 0 Å². The van der Waals surface area contributed by atoms with Gasteiger partial charge in [-0.05, 0) is 53.4 Å². The molecule has 3 heterocycles. The maximum absolute atomic E-state index is 12.2. The third-order valence-electron chi connectivity index (χ3n) is 3.73. The van der Waals surface area contributed by atoms with Crippen molar-refractivity contribution < 1.29 is 27.1 Å². The van der Waals surface area contributed by atoms with Crippen LogP contribution in [0.25, 0.3) is 10.8 Å². The number of alkyl halides is 3. The lowest BCUT2D eigenvalue weighted by Gasteiger charge is -2.09. The molecule has 0 aliphatic heterocycles. The Bertz CT molecular complexity index is 1100. The van der Waals surface area contributed by atoms with E-state index in [1.807, 2.05) is 17.5 Å². The summed E-state index contributed by atoms with van der Waals surface area (Å²) in [4.78, 5) is 4.63. The molecule has 3 aromatic heterocycles. The molecule has 154 valence electrons. The second-order valence-electron chi connectivity index (χ2n) is 5.87. The molecular formula is C19H13F3N4O3S. The van der Waals surface area contributed by atoms with E-state index in [0.717, 1.165) is 5.56 Å². The minimum atomic E-state index is -4.74. The molecule has 0 aliphatic carbocycles. The molecule has 0 spiro atoms. The van der Waals surface area contributed by atoms with Crippen LogP contribution < -0.4 is 14.8 Å². The van der Waals surface area contributed by atoms with Crippen molar-refractivity contribution in [3.05, 3.63) is 65.8 Å². The zero-order chi connectivity index (χ0) is 21.0. The number of benzene rings is 1. The first-order valence-corrected chi connectivity index (χ1v) is 9.40. The summed E-state index contributed by atoms with van der Waals surface area (Å²) in [5.41, 5.74) is 1.42. The largest absolute Gasteiger partial charge is 0.573 e. The monoisotopic (exact) mass is 434 g/mol. The number of ether oxygens (including phenoxy) is 2. The average Bonchev–Trinajstić information content (AvgIpc) is 3.37. The number of hydrogen-bond acceptors (Lipinski definition) is 8. The Morgan fingerprint density at radius 2 is 1.77 bits per heavy atom. The summed E-state index contributed by atoms with van der Waals surface area (Å²) >= 11 is 1.38. The van der Waals surface area contributed by atoms with E-state index in [9.17, 15) is 13.2 Å². The number of pyridine rings is 1. The van der Waals surface area contributed by atoms with E-state index >= 15 is 0 Å². The molecule has 0 amide bonds. The van der Waals surface area contributed by atoms with Crippen LogP contribution in [0.5, 0.6) is 11.5 Å². The third-order valence-corrected chi connectivity index (χ3v) is 4.61. The lowest BCUT2D eigenvalue weighted by atomic mass is 10.3. The molecule has 0 bridgehead atoms. The van der Waals surface area contributed by atoms with Gasteiger partial charge in [0.1, 0.15) is 23.0 Å². The summed E-state index contributed by atoms with van der Waals surface area (Å²) in [5.74, 6) is 0.531. The molecular weight excluding hydrogens is 421 g/mol. The van der Waals surface area contributed by atoms with E-state index in [2.05, 4.69) is 25.2 Å². The molecule has 1 N–H and O–H groups in total. The maximum Gasteiger partial charge on any atom is 0.573 e. The fourth-order valence-electron chi connectivity index (χ4n) is 2.44. The van der Waals surface area contributed by atoms with Crippen molar-refractivity contribution in [3.8, 4) is 22.3 Å². The molecule has 0 saturated carbocycles. The van der Waals surface area contributed by atoms with E-state index in [1.165, 1.54) is 35.6 Å². The molecule has 30 heavy (non-hydrogen) atoms. The van der Waals surface area contributed by atoms with Crippen molar-refractivity contribution in [1.29, 1.82) is 0 Å². The Balaban J connectivity index is 1.42. The highest BCUT2D eigenvalue weighted by Crippen LogP contribution is 2.36. The normalized spacial score (nSPS) is 11.3. The van der Waals surface area contributed by atoms with Crippen molar-refractivity contribution in [2.75, 3.05) is 5.32 Å². The highest BCUT2D eigenvalue weighted by Gasteiger charge is 2.31. The highest BCUT2D eigenvalue weighted by molar-refractivity contribution is 7.13. The van der Waals surface area contributed by atoms with Gasteiger partial charge in [-0.15, -0.1) is 29.6 Å². The maximum atomic E-state index is 12.2. The Hall–Kier alpha value is -3.60. The standard InChI is InChI=1S/C19H13F3N4O3S/c20-19(21,22)29-14-3-1-13(2-4-14)24-18-26-25-17(28-18)16-15(7-10-30-16)27-11-12-5-8-23-9-6-12/h1-10H,11H2,(H,24,26). The van der Waals surface area contributed by atoms with E-state index in [-0.39, 0.29) is 17.7 Å². The first-order chi connectivity index (χ1) is 14.5. The lowest BCUT2D eigenvalue weighted by molar-refractivity contribution is -0.274. The van der Waals surface area contributed by atoms with Crippen molar-refractivity contribution in [2.45, 2.75) is 13.0 Å². The molecule has 7 nitrogen and oxygen atoms in total. The van der Waals surface area contributed by atoms with Crippen molar-refractivity contribution in [3.63, 3.8) is 0 Å². The van der Waals surface area contributed by atoms with Crippen LogP contribution in [-0.2, 0) is 6.61 Å². The van der Waals surface area contributed by atoms with Gasteiger partial charge in [0.15, 0.2) is 0 Å². The van der Waals surface area contributed by atoms with Crippen LogP contribution in [0.3, 0.4) is 0 Å². The predicted molar refractivity (Wildman–Crippen MR) is 103 cm³/mol. The number of nitrogens with one attached hydrogen (secondary N) is 1. The fourth-order valence-corrected chi connectivity index (χ4v) is 3.19. The van der Waals surface area contributed by atoms with Crippen molar-refractivity contribution in [1.82, 2.24) is 15.2 Å². The molecule has 4 aromatic rings. The number of nitrogens with zero attached hydrogens (tertiary/aromatic N) is 3. The minimum Gasteiger partial charge on any atom is -0.487 e. The van der Waals surface area contributed by atoms with Gasteiger partial charge in [0.25, 0.3) is 5.89 Å². The molecule has 0 unspecified atom stereocenters. The zero-order valence-corrected chi connectivity index (χ0v) is 15.9.